The van der Waals surface area contributed by atoms with Crippen molar-refractivity contribution in [1.82, 2.24) is 10.2 Å². The topological polar surface area (TPSA) is 95.3 Å². The van der Waals surface area contributed by atoms with Crippen LogP contribution in [0.4, 0.5) is 5.82 Å². The molecule has 6 heteroatoms. The molecule has 3 N–H and O–H groups in total. The fraction of sp³-hybridized carbons (Fsp3) is 0.500. The summed E-state index contributed by atoms with van der Waals surface area (Å²) in [5.74, 6) is -0.770. The molecule has 0 bridgehead atoms. The van der Waals surface area contributed by atoms with Crippen molar-refractivity contribution in [3.8, 4) is 0 Å². The van der Waals surface area contributed by atoms with Gasteiger partial charge in [0.2, 0.25) is 0 Å². The van der Waals surface area contributed by atoms with Crippen molar-refractivity contribution >= 4 is 11.8 Å². The largest absolute Gasteiger partial charge is 0.478 e. The van der Waals surface area contributed by atoms with Crippen LogP contribution in [0.25, 0.3) is 0 Å². The molecule has 0 fully saturated rings. The maximum Gasteiger partial charge on any atom is 0.339 e. The van der Waals surface area contributed by atoms with Crippen molar-refractivity contribution in [2.75, 3.05) is 11.9 Å². The van der Waals surface area contributed by atoms with Gasteiger partial charge in [0.05, 0.1) is 12.3 Å². The number of hydrogen-bond donors (Lipinski definition) is 3. The average molecular weight is 225 g/mol. The van der Waals surface area contributed by atoms with Gasteiger partial charge in [0.15, 0.2) is 5.82 Å². The number of nitrogens with zero attached hydrogens (tertiary/aromatic N) is 2. The molecule has 1 unspecified atom stereocenters. The summed E-state index contributed by atoms with van der Waals surface area (Å²) >= 11 is 0. The highest BCUT2D eigenvalue weighted by Crippen LogP contribution is 2.10. The molecule has 16 heavy (non-hydrogen) atoms. The van der Waals surface area contributed by atoms with E-state index < -0.39 is 5.97 Å². The summed E-state index contributed by atoms with van der Waals surface area (Å²) in [5.41, 5.74) is 0.104. The van der Waals surface area contributed by atoms with Crippen LogP contribution in [0.2, 0.25) is 0 Å². The quantitative estimate of drug-likeness (QED) is 0.618. The summed E-state index contributed by atoms with van der Waals surface area (Å²) in [6.45, 7) is 2.27. The van der Waals surface area contributed by atoms with E-state index in [0.29, 0.717) is 13.0 Å². The first-order chi connectivity index (χ1) is 7.61. The number of aliphatic hydroxyl groups is 1. The molecule has 6 nitrogen and oxygen atoms in total. The van der Waals surface area contributed by atoms with Crippen LogP contribution in [0.3, 0.4) is 0 Å². The molecule has 1 aromatic rings. The Labute approximate surface area is 93.3 Å². The SMILES string of the molecule is CC(O)CCCNc1nnccc1C(=O)O. The van der Waals surface area contributed by atoms with Crippen molar-refractivity contribution in [2.24, 2.45) is 0 Å². The Bertz CT molecular complexity index is 355. The molecule has 1 aromatic heterocycles. The molecule has 1 atom stereocenters. The number of anilines is 1. The second kappa shape index (κ2) is 6.02. The molecule has 0 amide bonds. The lowest BCUT2D eigenvalue weighted by molar-refractivity contribution is 0.0697. The normalized spacial score (nSPS) is 12.1. The Hall–Kier alpha value is -1.69. The van der Waals surface area contributed by atoms with E-state index in [-0.39, 0.29) is 17.5 Å². The zero-order chi connectivity index (χ0) is 12.0. The lowest BCUT2D eigenvalue weighted by atomic mass is 10.2. The second-order valence-corrected chi connectivity index (χ2v) is 3.52. The zero-order valence-corrected chi connectivity index (χ0v) is 9.05. The Balaban J connectivity index is 2.50. The minimum atomic E-state index is -1.03. The van der Waals surface area contributed by atoms with Gasteiger partial charge >= 0.3 is 5.97 Å². The van der Waals surface area contributed by atoms with Gasteiger partial charge in [0.1, 0.15) is 5.56 Å². The molecule has 0 saturated heterocycles. The Morgan fingerprint density at radius 3 is 3.00 bits per heavy atom. The predicted molar refractivity (Wildman–Crippen MR) is 58.4 cm³/mol. The van der Waals surface area contributed by atoms with Crippen LogP contribution >= 0.6 is 0 Å². The lowest BCUT2D eigenvalue weighted by Gasteiger charge is -2.07. The van der Waals surface area contributed by atoms with Gasteiger partial charge in [-0.2, -0.15) is 5.10 Å². The molecule has 0 spiro atoms. The first-order valence-corrected chi connectivity index (χ1v) is 5.08. The molecular formula is C10H15N3O3. The Morgan fingerprint density at radius 2 is 2.38 bits per heavy atom. The number of hydrogen-bond acceptors (Lipinski definition) is 5. The summed E-state index contributed by atoms with van der Waals surface area (Å²) in [6, 6.07) is 1.40. The molecule has 0 saturated carbocycles. The fourth-order valence-electron chi connectivity index (χ4n) is 1.24. The highest BCUT2D eigenvalue weighted by Gasteiger charge is 2.10. The van der Waals surface area contributed by atoms with Crippen molar-refractivity contribution in [2.45, 2.75) is 25.9 Å². The van der Waals surface area contributed by atoms with E-state index in [2.05, 4.69) is 15.5 Å². The van der Waals surface area contributed by atoms with Gasteiger partial charge in [-0.25, -0.2) is 4.79 Å². The molecule has 0 aliphatic carbocycles. The van der Waals surface area contributed by atoms with E-state index in [1.165, 1.54) is 12.3 Å². The van der Waals surface area contributed by atoms with Gasteiger partial charge in [-0.15, -0.1) is 5.10 Å². The van der Waals surface area contributed by atoms with E-state index >= 15 is 0 Å². The maximum atomic E-state index is 10.8. The minimum Gasteiger partial charge on any atom is -0.478 e. The number of carbonyl (C=O) groups is 1. The van der Waals surface area contributed by atoms with Crippen molar-refractivity contribution in [3.63, 3.8) is 0 Å². The summed E-state index contributed by atoms with van der Waals surface area (Å²) in [6.07, 6.45) is 2.40. The third-order valence-electron chi connectivity index (χ3n) is 2.04. The van der Waals surface area contributed by atoms with Gasteiger partial charge in [-0.1, -0.05) is 0 Å². The van der Waals surface area contributed by atoms with E-state index in [1.54, 1.807) is 6.92 Å². The van der Waals surface area contributed by atoms with Gasteiger partial charge in [0, 0.05) is 6.54 Å². The summed E-state index contributed by atoms with van der Waals surface area (Å²) in [7, 11) is 0. The number of aliphatic hydroxyl groups excluding tert-OH is 1. The number of carboxylic acid groups (broad SMARTS) is 1. The van der Waals surface area contributed by atoms with Crippen molar-refractivity contribution in [3.05, 3.63) is 17.8 Å². The third kappa shape index (κ3) is 3.82. The third-order valence-corrected chi connectivity index (χ3v) is 2.04. The highest BCUT2D eigenvalue weighted by molar-refractivity contribution is 5.92. The predicted octanol–water partition coefficient (Wildman–Crippen LogP) is 0.748. The molecule has 88 valence electrons. The smallest absolute Gasteiger partial charge is 0.339 e. The van der Waals surface area contributed by atoms with Crippen LogP contribution < -0.4 is 5.32 Å². The van der Waals surface area contributed by atoms with Gasteiger partial charge in [0.25, 0.3) is 0 Å². The number of aromatic carboxylic acids is 1. The van der Waals surface area contributed by atoms with Crippen LogP contribution in [0.15, 0.2) is 12.3 Å². The number of carboxylic acids is 1. The average Bonchev–Trinajstić information content (AvgIpc) is 2.24. The van der Waals surface area contributed by atoms with Crippen molar-refractivity contribution in [1.29, 1.82) is 0 Å². The summed E-state index contributed by atoms with van der Waals surface area (Å²) in [5, 5.41) is 28.1. The summed E-state index contributed by atoms with van der Waals surface area (Å²) in [4.78, 5) is 10.8. The monoisotopic (exact) mass is 225 g/mol. The van der Waals surface area contributed by atoms with Gasteiger partial charge in [-0.05, 0) is 25.8 Å². The number of nitrogens with one attached hydrogen (secondary N) is 1. The van der Waals surface area contributed by atoms with E-state index in [1.807, 2.05) is 0 Å². The number of aromatic nitrogens is 2. The van der Waals surface area contributed by atoms with Crippen LogP contribution in [-0.4, -0.2) is 39.0 Å². The van der Waals surface area contributed by atoms with Crippen LogP contribution in [0.1, 0.15) is 30.1 Å². The minimum absolute atomic E-state index is 0.104. The van der Waals surface area contributed by atoms with Gasteiger partial charge < -0.3 is 15.5 Å². The van der Waals surface area contributed by atoms with E-state index in [9.17, 15) is 4.79 Å². The molecule has 1 heterocycles. The van der Waals surface area contributed by atoms with Crippen molar-refractivity contribution < 1.29 is 15.0 Å². The van der Waals surface area contributed by atoms with E-state index in [0.717, 1.165) is 6.42 Å². The van der Waals surface area contributed by atoms with Crippen LogP contribution in [0, 0.1) is 0 Å². The summed E-state index contributed by atoms with van der Waals surface area (Å²) < 4.78 is 0. The maximum absolute atomic E-state index is 10.8. The lowest BCUT2D eigenvalue weighted by Crippen LogP contribution is -2.11. The molecule has 0 radical (unpaired) electrons. The van der Waals surface area contributed by atoms with Crippen LogP contribution in [0.5, 0.6) is 0 Å². The standard InChI is InChI=1S/C10H15N3O3/c1-7(14)3-2-5-11-9-8(10(15)16)4-6-12-13-9/h4,6-7,14H,2-3,5H2,1H3,(H,11,13)(H,15,16). The van der Waals surface area contributed by atoms with Gasteiger partial charge in [-0.3, -0.25) is 0 Å². The molecule has 0 aliphatic heterocycles. The Kier molecular flexibility index (Phi) is 4.65. The highest BCUT2D eigenvalue weighted by atomic mass is 16.4. The molecular weight excluding hydrogens is 210 g/mol. The molecule has 1 rings (SSSR count). The second-order valence-electron chi connectivity index (χ2n) is 3.52. The first-order valence-electron chi connectivity index (χ1n) is 5.08. The first kappa shape index (κ1) is 12.4. The number of rotatable bonds is 6. The molecule has 0 aliphatic rings. The molecule has 0 aromatic carbocycles. The fourth-order valence-corrected chi connectivity index (χ4v) is 1.24. The van der Waals surface area contributed by atoms with Crippen LogP contribution in [-0.2, 0) is 0 Å². The Morgan fingerprint density at radius 1 is 1.62 bits per heavy atom. The zero-order valence-electron chi connectivity index (χ0n) is 9.05. The van der Waals surface area contributed by atoms with E-state index in [4.69, 9.17) is 10.2 Å².